The monoisotopic (exact) mass is 541 g/mol. The first-order valence-electron chi connectivity index (χ1n) is 12.7. The molecule has 0 spiro atoms. The van der Waals surface area contributed by atoms with Crippen LogP contribution < -0.4 is 5.56 Å². The Morgan fingerprint density at radius 2 is 1.77 bits per heavy atom. The molecule has 0 N–H and O–H groups in total. The summed E-state index contributed by atoms with van der Waals surface area (Å²) in [6.45, 7) is 7.76. The van der Waals surface area contributed by atoms with Gasteiger partial charge >= 0.3 is 6.18 Å². The molecule has 4 aromatic rings. The van der Waals surface area contributed by atoms with Gasteiger partial charge in [0.2, 0.25) is 0 Å². The van der Waals surface area contributed by atoms with Gasteiger partial charge in [0.1, 0.15) is 22.9 Å². The van der Waals surface area contributed by atoms with Crippen molar-refractivity contribution in [2.24, 2.45) is 0 Å². The van der Waals surface area contributed by atoms with Crippen molar-refractivity contribution >= 4 is 11.2 Å². The zero-order chi connectivity index (χ0) is 28.1. The maximum atomic E-state index is 15.1. The highest BCUT2D eigenvalue weighted by molar-refractivity contribution is 5.87. The number of rotatable bonds is 4. The zero-order valence-corrected chi connectivity index (χ0v) is 21.9. The molecule has 0 bridgehead atoms. The highest BCUT2D eigenvalue weighted by Gasteiger charge is 2.32. The summed E-state index contributed by atoms with van der Waals surface area (Å²) in [6, 6.07) is 5.60. The van der Waals surface area contributed by atoms with E-state index in [1.807, 2.05) is 13.8 Å². The van der Waals surface area contributed by atoms with Crippen molar-refractivity contribution in [3.63, 3.8) is 0 Å². The van der Waals surface area contributed by atoms with Crippen molar-refractivity contribution in [2.45, 2.75) is 64.8 Å². The molecule has 0 saturated carbocycles. The minimum absolute atomic E-state index is 0.0212. The van der Waals surface area contributed by atoms with Gasteiger partial charge in [0.05, 0.1) is 23.1 Å². The molecule has 0 amide bonds. The van der Waals surface area contributed by atoms with E-state index in [-0.39, 0.29) is 46.0 Å². The number of fused-ring (bicyclic) bond motifs is 1. The third-order valence-electron chi connectivity index (χ3n) is 7.05. The van der Waals surface area contributed by atoms with E-state index in [0.717, 1.165) is 17.7 Å². The molecule has 0 radical (unpaired) electrons. The number of alkyl halides is 3. The molecular formula is C28H27F4N5O2. The van der Waals surface area contributed by atoms with Crippen LogP contribution in [0.2, 0.25) is 0 Å². The number of ether oxygens (including phenoxy) is 1. The quantitative estimate of drug-likeness (QED) is 0.285. The van der Waals surface area contributed by atoms with Gasteiger partial charge in [-0.25, -0.2) is 24.3 Å². The molecule has 2 atom stereocenters. The van der Waals surface area contributed by atoms with Crippen molar-refractivity contribution in [1.29, 1.82) is 0 Å². The molecule has 1 saturated heterocycles. The van der Waals surface area contributed by atoms with E-state index < -0.39 is 17.6 Å². The standard InChI is InChI=1S/C28H27F4N5O2/c1-14(2)37-13-18(5-8-23(37)38)22-11-17(9-10-39-22)26-35-24(25-27(36-26)34-16(4)15(3)33-25)20-7-6-19(12-21(20)29)28(30,31)32/h5-8,12-14,17,22H,9-11H2,1-4H3/t17-,22+/m1/s1. The van der Waals surface area contributed by atoms with Crippen LogP contribution in [-0.2, 0) is 10.9 Å². The predicted octanol–water partition coefficient (Wildman–Crippen LogP) is 6.24. The van der Waals surface area contributed by atoms with Gasteiger partial charge in [-0.2, -0.15) is 13.2 Å². The molecule has 1 aliphatic heterocycles. The number of nitrogens with zero attached hydrogens (tertiary/aromatic N) is 5. The molecule has 39 heavy (non-hydrogen) atoms. The van der Waals surface area contributed by atoms with E-state index in [1.165, 1.54) is 6.07 Å². The fourth-order valence-corrected chi connectivity index (χ4v) is 4.76. The second kappa shape index (κ2) is 10.1. The minimum Gasteiger partial charge on any atom is -0.373 e. The summed E-state index contributed by atoms with van der Waals surface area (Å²) in [5, 5.41) is 0. The Balaban J connectivity index is 1.59. The van der Waals surface area contributed by atoms with Crippen LogP contribution in [0.3, 0.4) is 0 Å². The molecule has 1 fully saturated rings. The molecule has 204 valence electrons. The Hall–Kier alpha value is -3.73. The van der Waals surface area contributed by atoms with Crippen molar-refractivity contribution in [3.8, 4) is 11.3 Å². The van der Waals surface area contributed by atoms with Crippen LogP contribution in [-0.4, -0.2) is 31.1 Å². The lowest BCUT2D eigenvalue weighted by atomic mass is 9.91. The minimum atomic E-state index is -4.68. The number of pyridine rings is 1. The van der Waals surface area contributed by atoms with Crippen LogP contribution in [0.1, 0.15) is 73.1 Å². The van der Waals surface area contributed by atoms with E-state index in [2.05, 4.69) is 19.9 Å². The van der Waals surface area contributed by atoms with Crippen molar-refractivity contribution in [3.05, 3.63) is 81.0 Å². The molecule has 4 heterocycles. The van der Waals surface area contributed by atoms with Gasteiger partial charge in [-0.05, 0) is 70.4 Å². The van der Waals surface area contributed by atoms with Crippen LogP contribution in [0, 0.1) is 19.7 Å². The van der Waals surface area contributed by atoms with E-state index >= 15 is 4.39 Å². The van der Waals surface area contributed by atoms with Crippen LogP contribution in [0.25, 0.3) is 22.4 Å². The van der Waals surface area contributed by atoms with Gasteiger partial charge in [-0.15, -0.1) is 0 Å². The van der Waals surface area contributed by atoms with Crippen molar-refractivity contribution in [1.82, 2.24) is 24.5 Å². The SMILES string of the molecule is Cc1nc2nc([C@@H]3CCO[C@H](c4ccc(=O)n(C(C)C)c4)C3)nc(-c3ccc(C(F)(F)F)cc3F)c2nc1C. The second-order valence-corrected chi connectivity index (χ2v) is 10.1. The number of aryl methyl sites for hydroxylation is 2. The zero-order valence-electron chi connectivity index (χ0n) is 21.9. The third-order valence-corrected chi connectivity index (χ3v) is 7.05. The summed E-state index contributed by atoms with van der Waals surface area (Å²) in [5.41, 5.74) is 1.30. The first-order valence-corrected chi connectivity index (χ1v) is 12.7. The van der Waals surface area contributed by atoms with Crippen molar-refractivity contribution in [2.75, 3.05) is 6.61 Å². The topological polar surface area (TPSA) is 82.8 Å². The van der Waals surface area contributed by atoms with E-state index in [9.17, 15) is 18.0 Å². The summed E-state index contributed by atoms with van der Waals surface area (Å²) in [6.07, 6.45) is -2.14. The summed E-state index contributed by atoms with van der Waals surface area (Å²) in [5.74, 6) is -0.872. The van der Waals surface area contributed by atoms with Gasteiger partial charge in [-0.1, -0.05) is 0 Å². The lowest BCUT2D eigenvalue weighted by Crippen LogP contribution is -2.24. The first kappa shape index (κ1) is 26.9. The summed E-state index contributed by atoms with van der Waals surface area (Å²) in [7, 11) is 0. The van der Waals surface area contributed by atoms with E-state index in [0.29, 0.717) is 42.7 Å². The molecule has 1 aromatic carbocycles. The van der Waals surface area contributed by atoms with Crippen LogP contribution in [0.15, 0.2) is 41.3 Å². The largest absolute Gasteiger partial charge is 0.416 e. The highest BCUT2D eigenvalue weighted by atomic mass is 19.4. The summed E-state index contributed by atoms with van der Waals surface area (Å²) < 4.78 is 62.3. The molecule has 3 aromatic heterocycles. The lowest BCUT2D eigenvalue weighted by molar-refractivity contribution is -0.137. The van der Waals surface area contributed by atoms with Gasteiger partial charge in [0.15, 0.2) is 5.65 Å². The van der Waals surface area contributed by atoms with Crippen LogP contribution >= 0.6 is 0 Å². The predicted molar refractivity (Wildman–Crippen MR) is 137 cm³/mol. The molecule has 0 aliphatic carbocycles. The van der Waals surface area contributed by atoms with Crippen molar-refractivity contribution < 1.29 is 22.3 Å². The van der Waals surface area contributed by atoms with E-state index in [4.69, 9.17) is 4.74 Å². The summed E-state index contributed by atoms with van der Waals surface area (Å²) >= 11 is 0. The smallest absolute Gasteiger partial charge is 0.373 e. The Kier molecular flexibility index (Phi) is 6.96. The molecule has 1 aliphatic rings. The Bertz CT molecular complexity index is 1620. The van der Waals surface area contributed by atoms with Gasteiger partial charge in [-0.3, -0.25) is 4.79 Å². The maximum absolute atomic E-state index is 15.1. The van der Waals surface area contributed by atoms with Crippen LogP contribution in [0.5, 0.6) is 0 Å². The fourth-order valence-electron chi connectivity index (χ4n) is 4.76. The Morgan fingerprint density at radius 1 is 1.03 bits per heavy atom. The third kappa shape index (κ3) is 5.27. The first-order chi connectivity index (χ1) is 18.4. The normalized spacial score (nSPS) is 18.2. The fraction of sp³-hybridized carbons (Fsp3) is 0.393. The average Bonchev–Trinajstić information content (AvgIpc) is 2.88. The number of aromatic nitrogens is 5. The molecule has 5 rings (SSSR count). The molecule has 0 unspecified atom stereocenters. The summed E-state index contributed by atoms with van der Waals surface area (Å²) in [4.78, 5) is 30.6. The average molecular weight is 542 g/mol. The molecule has 11 heteroatoms. The highest BCUT2D eigenvalue weighted by Crippen LogP contribution is 2.39. The number of benzene rings is 1. The molecular weight excluding hydrogens is 514 g/mol. The number of hydrogen-bond acceptors (Lipinski definition) is 6. The second-order valence-electron chi connectivity index (χ2n) is 10.1. The van der Waals surface area contributed by atoms with Gasteiger partial charge < -0.3 is 9.30 Å². The van der Waals surface area contributed by atoms with Gasteiger partial charge in [0, 0.05) is 36.4 Å². The Morgan fingerprint density at radius 3 is 2.46 bits per heavy atom. The van der Waals surface area contributed by atoms with Gasteiger partial charge in [0.25, 0.3) is 5.56 Å². The van der Waals surface area contributed by atoms with Crippen LogP contribution in [0.4, 0.5) is 17.6 Å². The number of hydrogen-bond donors (Lipinski definition) is 0. The Labute approximate surface area is 221 Å². The van der Waals surface area contributed by atoms with E-state index in [1.54, 1.807) is 30.7 Å². The molecule has 7 nitrogen and oxygen atoms in total. The maximum Gasteiger partial charge on any atom is 0.416 e. The lowest BCUT2D eigenvalue weighted by Gasteiger charge is -2.29. The number of halogens is 4.